The molecule has 6 nitrogen and oxygen atoms in total. The van der Waals surface area contributed by atoms with Gasteiger partial charge in [0.2, 0.25) is 11.8 Å². The summed E-state index contributed by atoms with van der Waals surface area (Å²) in [5.74, 6) is 0.360. The Labute approximate surface area is 189 Å². The van der Waals surface area contributed by atoms with Gasteiger partial charge in [0.1, 0.15) is 5.82 Å². The zero-order valence-electron chi connectivity index (χ0n) is 18.0. The summed E-state index contributed by atoms with van der Waals surface area (Å²) in [5.41, 5.74) is 2.07. The van der Waals surface area contributed by atoms with Crippen molar-refractivity contribution in [1.82, 2.24) is 9.78 Å². The van der Waals surface area contributed by atoms with E-state index in [1.54, 1.807) is 29.2 Å². The van der Waals surface area contributed by atoms with E-state index in [4.69, 9.17) is 0 Å². The minimum atomic E-state index is -4.37. The molecule has 172 valence electrons. The molecule has 1 N–H and O–H groups in total. The summed E-state index contributed by atoms with van der Waals surface area (Å²) in [6, 6.07) is 13.6. The molecule has 0 atom stereocenters. The monoisotopic (exact) mass is 456 g/mol. The minimum absolute atomic E-state index is 0.0448. The van der Waals surface area contributed by atoms with E-state index in [1.165, 1.54) is 12.1 Å². The Balaban J connectivity index is 1.31. The minimum Gasteiger partial charge on any atom is -0.326 e. The van der Waals surface area contributed by atoms with Gasteiger partial charge < -0.3 is 5.32 Å². The Morgan fingerprint density at radius 2 is 1.61 bits per heavy atom. The van der Waals surface area contributed by atoms with Crippen molar-refractivity contribution in [2.45, 2.75) is 38.9 Å². The first kappa shape index (κ1) is 22.6. The molecule has 1 aliphatic rings. The molecule has 0 unspecified atom stereocenters. The first-order valence-corrected chi connectivity index (χ1v) is 10.6. The van der Waals surface area contributed by atoms with Crippen LogP contribution in [-0.4, -0.2) is 28.1 Å². The van der Waals surface area contributed by atoms with Gasteiger partial charge in [0.05, 0.1) is 11.3 Å². The molecule has 0 aliphatic carbocycles. The molecule has 1 aliphatic heterocycles. The van der Waals surface area contributed by atoms with Crippen LogP contribution in [0.3, 0.4) is 0 Å². The predicted octanol–water partition coefficient (Wildman–Crippen LogP) is 5.03. The number of amides is 2. The number of nitrogens with one attached hydrogen (secondary N) is 1. The number of anilines is 2. The number of benzene rings is 2. The third kappa shape index (κ3) is 5.24. The van der Waals surface area contributed by atoms with Crippen molar-refractivity contribution in [3.63, 3.8) is 0 Å². The lowest BCUT2D eigenvalue weighted by Crippen LogP contribution is -2.37. The normalized spacial score (nSPS) is 13.5. The van der Waals surface area contributed by atoms with E-state index in [9.17, 15) is 22.8 Å². The second kappa shape index (κ2) is 9.09. The number of alkyl halides is 3. The van der Waals surface area contributed by atoms with E-state index in [0.717, 1.165) is 42.2 Å². The highest BCUT2D eigenvalue weighted by atomic mass is 19.4. The summed E-state index contributed by atoms with van der Waals surface area (Å²) in [6.45, 7) is 3.26. The SMILES string of the molecule is Cc1cc2n(n1)CCCN2C(=O)CCC(=O)Nc1ccc(-c2ccc(C(F)(F)F)cc2)cc1. The number of carbonyl (C=O) groups is 2. The molecule has 0 bridgehead atoms. The summed E-state index contributed by atoms with van der Waals surface area (Å²) in [7, 11) is 0. The van der Waals surface area contributed by atoms with Gasteiger partial charge in [0.25, 0.3) is 0 Å². The van der Waals surface area contributed by atoms with Crippen molar-refractivity contribution in [1.29, 1.82) is 0 Å². The fourth-order valence-electron chi connectivity index (χ4n) is 3.84. The van der Waals surface area contributed by atoms with E-state index >= 15 is 0 Å². The van der Waals surface area contributed by atoms with Crippen molar-refractivity contribution in [3.8, 4) is 11.1 Å². The molecular formula is C24H23F3N4O2. The first-order valence-electron chi connectivity index (χ1n) is 10.6. The largest absolute Gasteiger partial charge is 0.416 e. The zero-order valence-corrected chi connectivity index (χ0v) is 18.0. The van der Waals surface area contributed by atoms with Crippen LogP contribution in [-0.2, 0) is 22.3 Å². The van der Waals surface area contributed by atoms with E-state index in [-0.39, 0.29) is 24.7 Å². The fraction of sp³-hybridized carbons (Fsp3) is 0.292. The van der Waals surface area contributed by atoms with Crippen molar-refractivity contribution in [2.75, 3.05) is 16.8 Å². The average Bonchev–Trinajstić information content (AvgIpc) is 3.17. The second-order valence-corrected chi connectivity index (χ2v) is 7.97. The van der Waals surface area contributed by atoms with Crippen LogP contribution >= 0.6 is 0 Å². The lowest BCUT2D eigenvalue weighted by molar-refractivity contribution is -0.137. The number of aromatic nitrogens is 2. The maximum Gasteiger partial charge on any atom is 0.416 e. The molecule has 0 spiro atoms. The van der Waals surface area contributed by atoms with Gasteiger partial charge in [-0.15, -0.1) is 0 Å². The average molecular weight is 456 g/mol. The molecule has 2 amide bonds. The summed E-state index contributed by atoms with van der Waals surface area (Å²) >= 11 is 0. The molecular weight excluding hydrogens is 433 g/mol. The lowest BCUT2D eigenvalue weighted by Gasteiger charge is -2.27. The summed E-state index contributed by atoms with van der Waals surface area (Å²) < 4.78 is 40.0. The molecule has 0 saturated carbocycles. The molecule has 9 heteroatoms. The Bertz CT molecular complexity index is 1150. The summed E-state index contributed by atoms with van der Waals surface area (Å²) in [6.07, 6.45) is -3.43. The number of aryl methyl sites for hydroxylation is 2. The van der Waals surface area contributed by atoms with E-state index in [2.05, 4.69) is 10.4 Å². The van der Waals surface area contributed by atoms with Crippen molar-refractivity contribution >= 4 is 23.3 Å². The summed E-state index contributed by atoms with van der Waals surface area (Å²) in [4.78, 5) is 26.7. The Morgan fingerprint density at radius 3 is 2.24 bits per heavy atom. The lowest BCUT2D eigenvalue weighted by atomic mass is 10.0. The maximum atomic E-state index is 12.7. The number of halogens is 3. The highest BCUT2D eigenvalue weighted by molar-refractivity contribution is 5.98. The highest BCUT2D eigenvalue weighted by Gasteiger charge is 2.30. The van der Waals surface area contributed by atoms with Crippen LogP contribution in [0.2, 0.25) is 0 Å². The van der Waals surface area contributed by atoms with Crippen LogP contribution < -0.4 is 10.2 Å². The van der Waals surface area contributed by atoms with Crippen LogP contribution in [0.1, 0.15) is 30.5 Å². The molecule has 2 heterocycles. The molecule has 3 aromatic rings. The molecule has 0 radical (unpaired) electrons. The molecule has 4 rings (SSSR count). The second-order valence-electron chi connectivity index (χ2n) is 7.97. The van der Waals surface area contributed by atoms with Gasteiger partial charge in [0.15, 0.2) is 0 Å². The van der Waals surface area contributed by atoms with Gasteiger partial charge in [-0.3, -0.25) is 14.5 Å². The number of fused-ring (bicyclic) bond motifs is 1. The van der Waals surface area contributed by atoms with Crippen LogP contribution in [0.15, 0.2) is 54.6 Å². The van der Waals surface area contributed by atoms with E-state index in [0.29, 0.717) is 17.8 Å². The highest BCUT2D eigenvalue weighted by Crippen LogP contribution is 2.31. The summed E-state index contributed by atoms with van der Waals surface area (Å²) in [5, 5.41) is 7.13. The molecule has 0 saturated heterocycles. The first-order chi connectivity index (χ1) is 15.7. The van der Waals surface area contributed by atoms with Gasteiger partial charge in [-0.1, -0.05) is 24.3 Å². The number of rotatable bonds is 5. The predicted molar refractivity (Wildman–Crippen MR) is 119 cm³/mol. The molecule has 0 fully saturated rings. The maximum absolute atomic E-state index is 12.7. The van der Waals surface area contributed by atoms with Crippen LogP contribution in [0, 0.1) is 6.92 Å². The van der Waals surface area contributed by atoms with E-state index < -0.39 is 11.7 Å². The molecule has 2 aromatic carbocycles. The number of nitrogens with zero attached hydrogens (tertiary/aromatic N) is 3. The Hall–Kier alpha value is -3.62. The van der Waals surface area contributed by atoms with Crippen LogP contribution in [0.4, 0.5) is 24.7 Å². The van der Waals surface area contributed by atoms with Crippen molar-refractivity contribution < 1.29 is 22.8 Å². The van der Waals surface area contributed by atoms with Crippen LogP contribution in [0.5, 0.6) is 0 Å². The fourth-order valence-corrected chi connectivity index (χ4v) is 3.84. The van der Waals surface area contributed by atoms with Crippen molar-refractivity contribution in [3.05, 3.63) is 65.9 Å². The standard InChI is InChI=1S/C24H23F3N4O2/c1-16-15-22-30(13-2-14-31(22)29-16)23(33)12-11-21(32)28-20-9-5-18(6-10-20)17-3-7-19(8-4-17)24(25,26)27/h3-10,15H,2,11-14H2,1H3,(H,28,32). The topological polar surface area (TPSA) is 67.2 Å². The third-order valence-electron chi connectivity index (χ3n) is 5.49. The number of hydrogen-bond acceptors (Lipinski definition) is 3. The Morgan fingerprint density at radius 1 is 0.970 bits per heavy atom. The van der Waals surface area contributed by atoms with Gasteiger partial charge in [-0.05, 0) is 48.7 Å². The quantitative estimate of drug-likeness (QED) is 0.585. The number of hydrogen-bond donors (Lipinski definition) is 1. The van der Waals surface area contributed by atoms with Crippen molar-refractivity contribution in [2.24, 2.45) is 0 Å². The zero-order chi connectivity index (χ0) is 23.6. The van der Waals surface area contributed by atoms with Gasteiger partial charge in [-0.2, -0.15) is 18.3 Å². The van der Waals surface area contributed by atoms with E-state index in [1.807, 2.05) is 17.7 Å². The third-order valence-corrected chi connectivity index (χ3v) is 5.49. The smallest absolute Gasteiger partial charge is 0.326 e. The Kier molecular flexibility index (Phi) is 6.22. The van der Waals surface area contributed by atoms with Gasteiger partial charge >= 0.3 is 6.18 Å². The van der Waals surface area contributed by atoms with Gasteiger partial charge in [0, 0.05) is 37.7 Å². The van der Waals surface area contributed by atoms with Crippen LogP contribution in [0.25, 0.3) is 11.1 Å². The molecule has 33 heavy (non-hydrogen) atoms. The number of carbonyl (C=O) groups excluding carboxylic acids is 2. The van der Waals surface area contributed by atoms with Gasteiger partial charge in [-0.25, -0.2) is 4.68 Å². The molecule has 1 aromatic heterocycles.